The van der Waals surface area contributed by atoms with Gasteiger partial charge in [-0.3, -0.25) is 4.99 Å². The maximum absolute atomic E-state index is 8.07. The third-order valence-corrected chi connectivity index (χ3v) is 7.68. The standard InChI is InChI=1S/C24H40N6OS/c1-8-21-24(7,15-25)17(4)18(5)29-23(32-16-28-21)31-19(6)20-11-13-30(14-12-20)22(26-9-2)27-10-3/h9-10,15-21,25H,2,8,11-14H2,1,3-7H3/t17-,18+,19?,21?,24+/m1/s1. The van der Waals surface area contributed by atoms with Gasteiger partial charge in [0.15, 0.2) is 0 Å². The average molecular weight is 461 g/mol. The SMILES string of the molecule is C=CN=C(N=CC)N1CCC(C(C)OC2=N[C@@H](C)[C@@H](C)[C@](C)(C=N)C(CC)N=CS2)CC1. The van der Waals surface area contributed by atoms with Crippen LogP contribution in [0.1, 0.15) is 60.8 Å². The molecular formula is C24H40N6OS. The first-order valence-electron chi connectivity index (χ1n) is 11.7. The van der Waals surface area contributed by atoms with Gasteiger partial charge < -0.3 is 15.0 Å². The molecule has 178 valence electrons. The molecule has 2 rings (SSSR count). The molecule has 5 atom stereocenters. The van der Waals surface area contributed by atoms with Gasteiger partial charge in [-0.2, -0.15) is 0 Å². The molecule has 0 amide bonds. The molecule has 0 aromatic carbocycles. The van der Waals surface area contributed by atoms with Crippen LogP contribution in [0.5, 0.6) is 0 Å². The Balaban J connectivity index is 2.07. The van der Waals surface area contributed by atoms with Crippen LogP contribution >= 0.6 is 11.8 Å². The molecular weight excluding hydrogens is 420 g/mol. The Kier molecular flexibility index (Phi) is 10.1. The van der Waals surface area contributed by atoms with E-state index < -0.39 is 0 Å². The second-order valence-corrected chi connectivity index (χ2v) is 9.67. The highest BCUT2D eigenvalue weighted by atomic mass is 32.2. The van der Waals surface area contributed by atoms with E-state index in [1.807, 2.05) is 12.5 Å². The van der Waals surface area contributed by atoms with Crippen LogP contribution in [0.4, 0.5) is 0 Å². The van der Waals surface area contributed by atoms with Gasteiger partial charge in [0.25, 0.3) is 5.23 Å². The van der Waals surface area contributed by atoms with Crippen molar-refractivity contribution in [2.24, 2.45) is 37.2 Å². The molecule has 2 aliphatic heterocycles. The van der Waals surface area contributed by atoms with Crippen molar-refractivity contribution in [1.29, 1.82) is 5.41 Å². The zero-order valence-corrected chi connectivity index (χ0v) is 21.3. The lowest BCUT2D eigenvalue weighted by Crippen LogP contribution is -2.42. The molecule has 8 heteroatoms. The fourth-order valence-corrected chi connectivity index (χ4v) is 5.22. The fraction of sp³-hybridized carbons (Fsp3) is 0.708. The summed E-state index contributed by atoms with van der Waals surface area (Å²) in [5, 5.41) is 8.75. The Morgan fingerprint density at radius 1 is 1.44 bits per heavy atom. The van der Waals surface area contributed by atoms with Crippen molar-refractivity contribution in [2.75, 3.05) is 13.1 Å². The van der Waals surface area contributed by atoms with E-state index in [4.69, 9.17) is 20.1 Å². The lowest BCUT2D eigenvalue weighted by molar-refractivity contribution is 0.102. The molecule has 0 spiro atoms. The zero-order chi connectivity index (χ0) is 23.7. The number of ether oxygens (including phenoxy) is 1. The van der Waals surface area contributed by atoms with Gasteiger partial charge in [0.05, 0.1) is 17.6 Å². The van der Waals surface area contributed by atoms with Gasteiger partial charge in [0, 0.05) is 37.1 Å². The molecule has 7 nitrogen and oxygen atoms in total. The molecule has 1 N–H and O–H groups in total. The van der Waals surface area contributed by atoms with Crippen LogP contribution in [0.2, 0.25) is 0 Å². The Morgan fingerprint density at radius 2 is 2.12 bits per heavy atom. The fourth-order valence-electron chi connectivity index (χ4n) is 4.49. The van der Waals surface area contributed by atoms with Crippen molar-refractivity contribution in [2.45, 2.75) is 79.0 Å². The second-order valence-electron chi connectivity index (χ2n) is 8.88. The van der Waals surface area contributed by atoms with Crippen LogP contribution in [0.25, 0.3) is 0 Å². The first-order valence-corrected chi connectivity index (χ1v) is 12.5. The van der Waals surface area contributed by atoms with Crippen molar-refractivity contribution < 1.29 is 4.74 Å². The highest BCUT2D eigenvalue weighted by Gasteiger charge is 2.40. The normalized spacial score (nSPS) is 31.4. The van der Waals surface area contributed by atoms with E-state index in [1.54, 1.807) is 18.6 Å². The predicted molar refractivity (Wildman–Crippen MR) is 140 cm³/mol. The van der Waals surface area contributed by atoms with E-state index in [0.717, 1.165) is 38.3 Å². The molecule has 0 radical (unpaired) electrons. The molecule has 32 heavy (non-hydrogen) atoms. The number of likely N-dealkylation sites (tertiary alicyclic amines) is 1. The average Bonchev–Trinajstić information content (AvgIpc) is 2.83. The van der Waals surface area contributed by atoms with E-state index in [2.05, 4.69) is 56.1 Å². The molecule has 0 aromatic heterocycles. The number of hydrogen-bond donors (Lipinski definition) is 1. The number of piperidine rings is 1. The van der Waals surface area contributed by atoms with Crippen LogP contribution in [0.3, 0.4) is 0 Å². The Labute approximate surface area is 198 Å². The Bertz CT molecular complexity index is 756. The van der Waals surface area contributed by atoms with Crippen molar-refractivity contribution in [3.63, 3.8) is 0 Å². The minimum Gasteiger partial charge on any atom is -0.469 e. The highest BCUT2D eigenvalue weighted by Crippen LogP contribution is 2.37. The molecule has 2 unspecified atom stereocenters. The molecule has 0 saturated carbocycles. The molecule has 2 heterocycles. The number of guanidine groups is 1. The third kappa shape index (κ3) is 6.30. The largest absolute Gasteiger partial charge is 0.469 e. The van der Waals surface area contributed by atoms with Crippen LogP contribution < -0.4 is 0 Å². The van der Waals surface area contributed by atoms with E-state index in [1.165, 1.54) is 11.8 Å². The minimum atomic E-state index is -0.325. The van der Waals surface area contributed by atoms with Crippen molar-refractivity contribution in [3.05, 3.63) is 12.8 Å². The monoisotopic (exact) mass is 460 g/mol. The summed E-state index contributed by atoms with van der Waals surface area (Å²) in [4.78, 5) is 20.6. The minimum absolute atomic E-state index is 0.0403. The topological polar surface area (TPSA) is 85.8 Å². The Hall–Kier alpha value is -1.96. The number of thioether (sulfide) groups is 1. The van der Waals surface area contributed by atoms with Crippen molar-refractivity contribution >= 4 is 40.9 Å². The van der Waals surface area contributed by atoms with Crippen molar-refractivity contribution in [3.8, 4) is 0 Å². The summed E-state index contributed by atoms with van der Waals surface area (Å²) in [5.74, 6) is 1.35. The van der Waals surface area contributed by atoms with Gasteiger partial charge in [-0.1, -0.05) is 27.4 Å². The summed E-state index contributed by atoms with van der Waals surface area (Å²) in [6.07, 6.45) is 7.85. The summed E-state index contributed by atoms with van der Waals surface area (Å²) < 4.78 is 6.37. The van der Waals surface area contributed by atoms with Gasteiger partial charge in [-0.25, -0.2) is 15.0 Å². The first-order chi connectivity index (χ1) is 15.3. The molecule has 2 aliphatic rings. The van der Waals surface area contributed by atoms with Crippen LogP contribution in [-0.2, 0) is 4.74 Å². The van der Waals surface area contributed by atoms with E-state index in [-0.39, 0.29) is 29.5 Å². The molecule has 1 fully saturated rings. The van der Waals surface area contributed by atoms with Gasteiger partial charge in [-0.05, 0) is 63.6 Å². The van der Waals surface area contributed by atoms with E-state index in [0.29, 0.717) is 11.1 Å². The number of nitrogens with one attached hydrogen (secondary N) is 1. The van der Waals surface area contributed by atoms with Gasteiger partial charge in [0.1, 0.15) is 6.10 Å². The van der Waals surface area contributed by atoms with Crippen LogP contribution in [-0.4, -0.2) is 65.3 Å². The zero-order valence-electron chi connectivity index (χ0n) is 20.5. The molecule has 0 bridgehead atoms. The summed E-state index contributed by atoms with van der Waals surface area (Å²) in [6, 6.07) is 0.108. The second kappa shape index (κ2) is 12.3. The van der Waals surface area contributed by atoms with Crippen LogP contribution in [0.15, 0.2) is 32.7 Å². The maximum Gasteiger partial charge on any atom is 0.252 e. The van der Waals surface area contributed by atoms with Gasteiger partial charge in [-0.15, -0.1) is 0 Å². The molecule has 0 aliphatic carbocycles. The number of hydrogen-bond acceptors (Lipinski definition) is 6. The van der Waals surface area contributed by atoms with E-state index in [9.17, 15) is 0 Å². The predicted octanol–water partition coefficient (Wildman–Crippen LogP) is 5.28. The Morgan fingerprint density at radius 3 is 2.69 bits per heavy atom. The summed E-state index contributed by atoms with van der Waals surface area (Å²) in [5.41, 5.74) is 1.53. The van der Waals surface area contributed by atoms with E-state index >= 15 is 0 Å². The lowest BCUT2D eigenvalue weighted by atomic mass is 9.70. The maximum atomic E-state index is 8.07. The molecule has 1 saturated heterocycles. The van der Waals surface area contributed by atoms with Crippen molar-refractivity contribution in [1.82, 2.24) is 4.90 Å². The van der Waals surface area contributed by atoms with Gasteiger partial charge >= 0.3 is 0 Å². The van der Waals surface area contributed by atoms with Gasteiger partial charge in [0.2, 0.25) is 5.96 Å². The smallest absolute Gasteiger partial charge is 0.252 e. The number of aliphatic imine (C=N–C) groups is 4. The third-order valence-electron chi connectivity index (χ3n) is 7.05. The highest BCUT2D eigenvalue weighted by molar-refractivity contribution is 8.24. The summed E-state index contributed by atoms with van der Waals surface area (Å²) in [6.45, 7) is 18.1. The number of rotatable bonds is 5. The lowest BCUT2D eigenvalue weighted by Gasteiger charge is -2.38. The number of nitrogens with zero attached hydrogens (tertiary/aromatic N) is 5. The van der Waals surface area contributed by atoms with Crippen LogP contribution in [0, 0.1) is 22.7 Å². The summed E-state index contributed by atoms with van der Waals surface area (Å²) >= 11 is 1.46. The summed E-state index contributed by atoms with van der Waals surface area (Å²) in [7, 11) is 0. The quantitative estimate of drug-likeness (QED) is 0.447. The molecule has 0 aromatic rings. The first kappa shape index (κ1) is 26.3.